The van der Waals surface area contributed by atoms with E-state index in [-0.39, 0.29) is 5.91 Å². The number of carbonyl (C=O) groups excluding carboxylic acids is 1. The maximum absolute atomic E-state index is 12.7. The van der Waals surface area contributed by atoms with Gasteiger partial charge in [-0.05, 0) is 43.9 Å². The minimum absolute atomic E-state index is 0.0500. The Morgan fingerprint density at radius 1 is 1.35 bits per heavy atom. The van der Waals surface area contributed by atoms with E-state index in [0.717, 1.165) is 17.8 Å². The van der Waals surface area contributed by atoms with Crippen LogP contribution >= 0.6 is 23.2 Å². The van der Waals surface area contributed by atoms with Crippen LogP contribution in [0.25, 0.3) is 0 Å². The first-order valence-electron chi connectivity index (χ1n) is 7.12. The number of fused-ring (bicyclic) bond motifs is 3. The lowest BCUT2D eigenvalue weighted by atomic mass is 9.98. The summed E-state index contributed by atoms with van der Waals surface area (Å²) in [4.78, 5) is 12.7. The fraction of sp³-hybridized carbons (Fsp3) is 0.733. The van der Waals surface area contributed by atoms with Crippen molar-refractivity contribution >= 4 is 29.1 Å². The van der Waals surface area contributed by atoms with Gasteiger partial charge in [-0.25, -0.2) is 4.68 Å². The van der Waals surface area contributed by atoms with E-state index in [0.29, 0.717) is 23.7 Å². The van der Waals surface area contributed by atoms with Crippen molar-refractivity contribution in [3.05, 3.63) is 17.0 Å². The molecule has 0 bridgehead atoms. The van der Waals surface area contributed by atoms with Crippen molar-refractivity contribution in [3.63, 3.8) is 0 Å². The van der Waals surface area contributed by atoms with Gasteiger partial charge in [0, 0.05) is 5.56 Å². The molecule has 0 aliphatic heterocycles. The molecule has 0 spiro atoms. The van der Waals surface area contributed by atoms with Gasteiger partial charge < -0.3 is 0 Å². The van der Waals surface area contributed by atoms with E-state index >= 15 is 0 Å². The lowest BCUT2D eigenvalue weighted by molar-refractivity contribution is 0.0802. The van der Waals surface area contributed by atoms with Gasteiger partial charge in [0.05, 0.1) is 16.8 Å². The molecule has 5 heteroatoms. The molecule has 20 heavy (non-hydrogen) atoms. The van der Waals surface area contributed by atoms with Gasteiger partial charge in [-0.1, -0.05) is 13.8 Å². The number of aryl methyl sites for hydroxylation is 1. The van der Waals surface area contributed by atoms with Crippen LogP contribution in [-0.2, 0) is 6.42 Å². The first kappa shape index (κ1) is 13.1. The number of rotatable bonds is 1. The summed E-state index contributed by atoms with van der Waals surface area (Å²) < 4.78 is 0.664. The van der Waals surface area contributed by atoms with Crippen molar-refractivity contribution < 1.29 is 4.79 Å². The van der Waals surface area contributed by atoms with Gasteiger partial charge in [-0.15, -0.1) is 23.2 Å². The Kier molecular flexibility index (Phi) is 2.15. The minimum Gasteiger partial charge on any atom is -0.272 e. The molecule has 1 aromatic heterocycles. The van der Waals surface area contributed by atoms with Gasteiger partial charge in [0.2, 0.25) is 0 Å². The molecule has 0 amide bonds. The smallest absolute Gasteiger partial charge is 0.256 e. The minimum atomic E-state index is -0.933. The standard InChI is InChI=1S/C15H18Cl2N2O/c1-7-10-9(5-8-11(10)13(8,2)3)19(18-7)12(20)14(4)6-15(14,16)17/h8,11H,5-6H2,1-4H3/t8-,11+,14-/m0/s1. The van der Waals surface area contributed by atoms with E-state index in [4.69, 9.17) is 23.2 Å². The van der Waals surface area contributed by atoms with Crippen molar-refractivity contribution in [1.82, 2.24) is 9.78 Å². The second-order valence-corrected chi connectivity index (χ2v) is 8.97. The molecule has 0 aromatic carbocycles. The Hall–Kier alpha value is -0.540. The Bertz CT molecular complexity index is 661. The average molecular weight is 313 g/mol. The summed E-state index contributed by atoms with van der Waals surface area (Å²) in [7, 11) is 0. The molecule has 0 saturated heterocycles. The summed E-state index contributed by atoms with van der Waals surface area (Å²) in [5, 5.41) is 4.50. The van der Waals surface area contributed by atoms with Crippen molar-refractivity contribution in [2.24, 2.45) is 16.7 Å². The molecular weight excluding hydrogens is 295 g/mol. The molecule has 3 aliphatic carbocycles. The highest BCUT2D eigenvalue weighted by Gasteiger charge is 2.70. The van der Waals surface area contributed by atoms with Crippen LogP contribution in [0.2, 0.25) is 0 Å². The molecule has 4 rings (SSSR count). The first-order chi connectivity index (χ1) is 9.11. The highest BCUT2D eigenvalue weighted by atomic mass is 35.5. The topological polar surface area (TPSA) is 34.9 Å². The van der Waals surface area contributed by atoms with Crippen molar-refractivity contribution in [1.29, 1.82) is 0 Å². The molecular formula is C15H18Cl2N2O. The highest BCUT2D eigenvalue weighted by Crippen LogP contribution is 2.71. The quantitative estimate of drug-likeness (QED) is 0.741. The van der Waals surface area contributed by atoms with Crippen molar-refractivity contribution in [2.45, 2.75) is 50.8 Å². The van der Waals surface area contributed by atoms with Gasteiger partial charge >= 0.3 is 0 Å². The summed E-state index contributed by atoms with van der Waals surface area (Å²) in [5.74, 6) is 1.19. The lowest BCUT2D eigenvalue weighted by Gasteiger charge is -2.14. The number of nitrogens with zero attached hydrogens (tertiary/aromatic N) is 2. The predicted molar refractivity (Wildman–Crippen MR) is 78.5 cm³/mol. The third-order valence-corrected chi connectivity index (χ3v) is 7.00. The zero-order valence-electron chi connectivity index (χ0n) is 12.1. The largest absolute Gasteiger partial charge is 0.272 e. The van der Waals surface area contributed by atoms with E-state index in [1.807, 2.05) is 13.8 Å². The van der Waals surface area contributed by atoms with Crippen LogP contribution in [0, 0.1) is 23.7 Å². The molecule has 1 heterocycles. The second-order valence-electron chi connectivity index (χ2n) is 7.49. The van der Waals surface area contributed by atoms with Crippen molar-refractivity contribution in [3.8, 4) is 0 Å². The van der Waals surface area contributed by atoms with E-state index in [2.05, 4.69) is 18.9 Å². The number of hydrogen-bond donors (Lipinski definition) is 0. The van der Waals surface area contributed by atoms with Gasteiger partial charge in [0.25, 0.3) is 5.91 Å². The summed E-state index contributed by atoms with van der Waals surface area (Å²) in [6.07, 6.45) is 1.46. The molecule has 2 saturated carbocycles. The zero-order chi connectivity index (χ0) is 14.7. The van der Waals surface area contributed by atoms with Gasteiger partial charge in [0.1, 0.15) is 4.33 Å². The molecule has 3 atom stereocenters. The van der Waals surface area contributed by atoms with E-state index in [1.165, 1.54) is 5.56 Å². The van der Waals surface area contributed by atoms with Crippen LogP contribution < -0.4 is 0 Å². The molecule has 3 aliphatic rings. The van der Waals surface area contributed by atoms with Gasteiger partial charge in [0.15, 0.2) is 0 Å². The predicted octanol–water partition coefficient (Wildman–Crippen LogP) is 3.71. The fourth-order valence-electron chi connectivity index (χ4n) is 4.13. The maximum Gasteiger partial charge on any atom is 0.256 e. The Morgan fingerprint density at radius 3 is 2.50 bits per heavy atom. The van der Waals surface area contributed by atoms with Crippen molar-refractivity contribution in [2.75, 3.05) is 0 Å². The van der Waals surface area contributed by atoms with Crippen LogP contribution in [0.4, 0.5) is 0 Å². The summed E-state index contributed by atoms with van der Waals surface area (Å²) >= 11 is 12.3. The monoisotopic (exact) mass is 312 g/mol. The molecule has 0 unspecified atom stereocenters. The van der Waals surface area contributed by atoms with Crippen LogP contribution in [0.3, 0.4) is 0 Å². The molecule has 1 aromatic rings. The highest BCUT2D eigenvalue weighted by molar-refractivity contribution is 6.53. The van der Waals surface area contributed by atoms with Crippen LogP contribution in [0.15, 0.2) is 0 Å². The van der Waals surface area contributed by atoms with E-state index in [1.54, 1.807) is 4.68 Å². The SMILES string of the molecule is Cc1nn(C(=O)[C@]2(C)CC2(Cl)Cl)c2c1[C@H]1[C@H](C2)C1(C)C. The van der Waals surface area contributed by atoms with Gasteiger partial charge in [-0.2, -0.15) is 5.10 Å². The summed E-state index contributed by atoms with van der Waals surface area (Å²) in [6.45, 7) is 8.44. The van der Waals surface area contributed by atoms with Gasteiger partial charge in [-0.3, -0.25) is 4.79 Å². The Labute approximate surface area is 128 Å². The summed E-state index contributed by atoms with van der Waals surface area (Å²) in [6, 6.07) is 0. The molecule has 3 nitrogen and oxygen atoms in total. The fourth-order valence-corrected chi connectivity index (χ4v) is 4.82. The van der Waals surface area contributed by atoms with Crippen LogP contribution in [0.5, 0.6) is 0 Å². The molecule has 0 N–H and O–H groups in total. The number of halogens is 2. The van der Waals surface area contributed by atoms with E-state index in [9.17, 15) is 4.79 Å². The van der Waals surface area contributed by atoms with Crippen LogP contribution in [-0.4, -0.2) is 20.0 Å². The Morgan fingerprint density at radius 2 is 1.95 bits per heavy atom. The number of carbonyl (C=O) groups is 1. The average Bonchev–Trinajstić information content (AvgIpc) is 2.88. The lowest BCUT2D eigenvalue weighted by Crippen LogP contribution is -2.27. The number of hydrogen-bond acceptors (Lipinski definition) is 2. The number of alkyl halides is 2. The second kappa shape index (κ2) is 3.27. The first-order valence-corrected chi connectivity index (χ1v) is 7.88. The third kappa shape index (κ3) is 1.29. The van der Waals surface area contributed by atoms with Crippen LogP contribution in [0.1, 0.15) is 54.9 Å². The number of aromatic nitrogens is 2. The Balaban J connectivity index is 1.75. The maximum atomic E-state index is 12.7. The molecule has 2 fully saturated rings. The molecule has 0 radical (unpaired) electrons. The third-order valence-electron chi connectivity index (χ3n) is 5.90. The van der Waals surface area contributed by atoms with E-state index < -0.39 is 9.75 Å². The normalized spacial score (nSPS) is 38.3. The molecule has 108 valence electrons. The zero-order valence-corrected chi connectivity index (χ0v) is 13.6. The summed E-state index contributed by atoms with van der Waals surface area (Å²) in [5.41, 5.74) is 3.06.